The number of carbonyl (C=O) groups excluding carboxylic acids is 1. The third-order valence-corrected chi connectivity index (χ3v) is 5.43. The lowest BCUT2D eigenvalue weighted by atomic mass is 9.86. The van der Waals surface area contributed by atoms with Crippen LogP contribution in [0.3, 0.4) is 0 Å². The topological polar surface area (TPSA) is 29.5 Å². The Hall–Kier alpha value is -0.570. The van der Waals surface area contributed by atoms with Gasteiger partial charge in [0.05, 0.1) is 0 Å². The molecule has 2 aliphatic carbocycles. The largest absolute Gasteiger partial charge is 0.464 e. The highest BCUT2D eigenvalue weighted by Gasteiger charge is 2.40. The van der Waals surface area contributed by atoms with Crippen molar-refractivity contribution in [3.05, 3.63) is 0 Å². The highest BCUT2D eigenvalue weighted by molar-refractivity contribution is 5.69. The number of hydrogen-bond donors (Lipinski definition) is 0. The van der Waals surface area contributed by atoms with Gasteiger partial charge in [0, 0.05) is 13.0 Å². The van der Waals surface area contributed by atoms with Crippen molar-refractivity contribution >= 4 is 5.97 Å². The Balaban J connectivity index is 1.31. The summed E-state index contributed by atoms with van der Waals surface area (Å²) in [6, 6.07) is 0. The van der Waals surface area contributed by atoms with E-state index in [2.05, 4.69) is 4.90 Å². The van der Waals surface area contributed by atoms with Crippen molar-refractivity contribution in [3.63, 3.8) is 0 Å². The molecule has 1 saturated heterocycles. The average molecular weight is 265 g/mol. The molecule has 0 radical (unpaired) electrons. The lowest BCUT2D eigenvalue weighted by Crippen LogP contribution is -2.33. The van der Waals surface area contributed by atoms with Crippen molar-refractivity contribution in [2.75, 3.05) is 26.2 Å². The normalized spacial score (nSPS) is 34.6. The zero-order valence-corrected chi connectivity index (χ0v) is 12.0. The molecule has 3 unspecified atom stereocenters. The lowest BCUT2D eigenvalue weighted by Gasteiger charge is -2.26. The predicted molar refractivity (Wildman–Crippen MR) is 74.8 cm³/mol. The van der Waals surface area contributed by atoms with Gasteiger partial charge in [0.1, 0.15) is 6.61 Å². The number of esters is 1. The van der Waals surface area contributed by atoms with Gasteiger partial charge in [-0.3, -0.25) is 9.69 Å². The van der Waals surface area contributed by atoms with Crippen LogP contribution in [0.5, 0.6) is 0 Å². The molecule has 0 aromatic rings. The van der Waals surface area contributed by atoms with Crippen LogP contribution >= 0.6 is 0 Å². The molecule has 3 atom stereocenters. The zero-order chi connectivity index (χ0) is 13.1. The summed E-state index contributed by atoms with van der Waals surface area (Å²) >= 11 is 0. The van der Waals surface area contributed by atoms with Crippen molar-refractivity contribution in [1.82, 2.24) is 4.90 Å². The smallest absolute Gasteiger partial charge is 0.306 e. The number of carbonyl (C=O) groups is 1. The van der Waals surface area contributed by atoms with E-state index in [4.69, 9.17) is 4.74 Å². The molecule has 1 aliphatic heterocycles. The molecule has 2 bridgehead atoms. The summed E-state index contributed by atoms with van der Waals surface area (Å²) in [4.78, 5) is 14.3. The van der Waals surface area contributed by atoms with E-state index in [1.807, 2.05) is 0 Å². The van der Waals surface area contributed by atoms with Crippen LogP contribution in [-0.4, -0.2) is 37.1 Å². The van der Waals surface area contributed by atoms with Gasteiger partial charge < -0.3 is 4.74 Å². The number of ether oxygens (including phenoxy) is 1. The van der Waals surface area contributed by atoms with E-state index in [0.29, 0.717) is 18.9 Å². The molecule has 3 fully saturated rings. The Labute approximate surface area is 116 Å². The van der Waals surface area contributed by atoms with Crippen LogP contribution in [0.4, 0.5) is 0 Å². The van der Waals surface area contributed by atoms with Gasteiger partial charge in [-0.1, -0.05) is 12.8 Å². The second-order valence-corrected chi connectivity index (χ2v) is 6.76. The van der Waals surface area contributed by atoms with Gasteiger partial charge in [0.15, 0.2) is 0 Å². The molecule has 19 heavy (non-hydrogen) atoms. The van der Waals surface area contributed by atoms with Gasteiger partial charge >= 0.3 is 5.97 Å². The summed E-state index contributed by atoms with van der Waals surface area (Å²) in [6.45, 7) is 3.90. The second kappa shape index (κ2) is 6.25. The maximum absolute atomic E-state index is 11.9. The molecule has 0 aromatic carbocycles. The Morgan fingerprint density at radius 3 is 2.63 bits per heavy atom. The van der Waals surface area contributed by atoms with E-state index in [1.165, 1.54) is 58.0 Å². The molecule has 1 heterocycles. The first-order valence-corrected chi connectivity index (χ1v) is 8.19. The van der Waals surface area contributed by atoms with Crippen molar-refractivity contribution in [3.8, 4) is 0 Å². The van der Waals surface area contributed by atoms with Gasteiger partial charge in [-0.15, -0.1) is 0 Å². The molecule has 0 N–H and O–H groups in total. The highest BCUT2D eigenvalue weighted by atomic mass is 16.5. The number of hydrogen-bond acceptors (Lipinski definition) is 3. The minimum absolute atomic E-state index is 0.0505. The van der Waals surface area contributed by atoms with Gasteiger partial charge in [-0.25, -0.2) is 0 Å². The minimum atomic E-state index is 0.0505. The second-order valence-electron chi connectivity index (χ2n) is 6.76. The maximum atomic E-state index is 11.9. The summed E-state index contributed by atoms with van der Waals surface area (Å²) in [5.74, 6) is 2.45. The summed E-state index contributed by atoms with van der Waals surface area (Å²) < 4.78 is 5.43. The van der Waals surface area contributed by atoms with Crippen LogP contribution in [0.1, 0.15) is 51.4 Å². The molecule has 3 aliphatic rings. The standard InChI is InChI=1S/C16H27NO2/c18-16(12-15-11-13-4-5-14(15)10-13)19-9-8-17-6-2-1-3-7-17/h13-15H,1-12H2. The van der Waals surface area contributed by atoms with Crippen LogP contribution in [-0.2, 0) is 9.53 Å². The first-order chi connectivity index (χ1) is 9.31. The quantitative estimate of drug-likeness (QED) is 0.716. The summed E-state index contributed by atoms with van der Waals surface area (Å²) in [5.41, 5.74) is 0. The molecule has 2 saturated carbocycles. The van der Waals surface area contributed by atoms with Crippen molar-refractivity contribution < 1.29 is 9.53 Å². The summed E-state index contributed by atoms with van der Waals surface area (Å²) in [5, 5.41) is 0. The fraction of sp³-hybridized carbons (Fsp3) is 0.938. The molecule has 0 aromatic heterocycles. The molecule has 3 nitrogen and oxygen atoms in total. The van der Waals surface area contributed by atoms with Crippen LogP contribution in [0.2, 0.25) is 0 Å². The molecular weight excluding hydrogens is 238 g/mol. The van der Waals surface area contributed by atoms with E-state index < -0.39 is 0 Å². The molecule has 0 amide bonds. The van der Waals surface area contributed by atoms with E-state index in [0.717, 1.165) is 18.4 Å². The Bertz CT molecular complexity index is 312. The Morgan fingerprint density at radius 1 is 1.11 bits per heavy atom. The number of rotatable bonds is 5. The molecule has 3 heteroatoms. The Morgan fingerprint density at radius 2 is 1.95 bits per heavy atom. The number of piperidine rings is 1. The van der Waals surface area contributed by atoms with E-state index in [-0.39, 0.29) is 5.97 Å². The maximum Gasteiger partial charge on any atom is 0.306 e. The van der Waals surface area contributed by atoms with Gasteiger partial charge in [-0.05, 0) is 62.9 Å². The third-order valence-electron chi connectivity index (χ3n) is 5.43. The molecule has 0 spiro atoms. The molecular formula is C16H27NO2. The van der Waals surface area contributed by atoms with Crippen LogP contribution in [0, 0.1) is 17.8 Å². The molecule has 108 valence electrons. The fourth-order valence-corrected chi connectivity index (χ4v) is 4.37. The molecule has 3 rings (SSSR count). The van der Waals surface area contributed by atoms with E-state index in [1.54, 1.807) is 0 Å². The average Bonchev–Trinajstić information content (AvgIpc) is 3.02. The fourth-order valence-electron chi connectivity index (χ4n) is 4.37. The predicted octanol–water partition coefficient (Wildman–Crippen LogP) is 2.84. The first-order valence-electron chi connectivity index (χ1n) is 8.19. The van der Waals surface area contributed by atoms with Crippen LogP contribution in [0.25, 0.3) is 0 Å². The minimum Gasteiger partial charge on any atom is -0.464 e. The monoisotopic (exact) mass is 265 g/mol. The van der Waals surface area contributed by atoms with Crippen LogP contribution < -0.4 is 0 Å². The number of nitrogens with zero attached hydrogens (tertiary/aromatic N) is 1. The number of fused-ring (bicyclic) bond motifs is 2. The SMILES string of the molecule is O=C(CC1CC2CCC1C2)OCCN1CCCCC1. The van der Waals surface area contributed by atoms with Crippen molar-refractivity contribution in [2.45, 2.75) is 51.4 Å². The summed E-state index contributed by atoms with van der Waals surface area (Å²) in [7, 11) is 0. The summed E-state index contributed by atoms with van der Waals surface area (Å²) in [6.07, 6.45) is 10.1. The van der Waals surface area contributed by atoms with Crippen molar-refractivity contribution in [1.29, 1.82) is 0 Å². The van der Waals surface area contributed by atoms with Gasteiger partial charge in [0.2, 0.25) is 0 Å². The van der Waals surface area contributed by atoms with Crippen molar-refractivity contribution in [2.24, 2.45) is 17.8 Å². The third kappa shape index (κ3) is 3.50. The lowest BCUT2D eigenvalue weighted by molar-refractivity contribution is -0.145. The zero-order valence-electron chi connectivity index (χ0n) is 12.0. The van der Waals surface area contributed by atoms with E-state index >= 15 is 0 Å². The Kier molecular flexibility index (Phi) is 4.42. The van der Waals surface area contributed by atoms with Crippen LogP contribution in [0.15, 0.2) is 0 Å². The van der Waals surface area contributed by atoms with E-state index in [9.17, 15) is 4.79 Å². The first kappa shape index (κ1) is 13.4. The van der Waals surface area contributed by atoms with Gasteiger partial charge in [0.25, 0.3) is 0 Å². The van der Waals surface area contributed by atoms with Gasteiger partial charge in [-0.2, -0.15) is 0 Å². The number of likely N-dealkylation sites (tertiary alicyclic amines) is 1. The highest BCUT2D eigenvalue weighted by Crippen LogP contribution is 2.49.